The number of carbonyl (C=O) groups is 1. The highest BCUT2D eigenvalue weighted by Crippen LogP contribution is 2.20. The Morgan fingerprint density at radius 3 is 2.42 bits per heavy atom. The van der Waals surface area contributed by atoms with E-state index in [4.69, 9.17) is 11.6 Å². The highest BCUT2D eigenvalue weighted by atomic mass is 35.5. The van der Waals surface area contributed by atoms with Gasteiger partial charge in [0, 0.05) is 18.8 Å². The lowest BCUT2D eigenvalue weighted by atomic mass is 10.1. The number of urea groups is 1. The molecule has 1 fully saturated rings. The van der Waals surface area contributed by atoms with Gasteiger partial charge >= 0.3 is 6.03 Å². The van der Waals surface area contributed by atoms with E-state index in [1.807, 2.05) is 47.4 Å². The van der Waals surface area contributed by atoms with E-state index in [0.29, 0.717) is 12.2 Å². The van der Waals surface area contributed by atoms with Crippen molar-refractivity contribution in [3.8, 4) is 0 Å². The summed E-state index contributed by atoms with van der Waals surface area (Å²) in [6, 6.07) is 13.4. The summed E-state index contributed by atoms with van der Waals surface area (Å²) in [6.45, 7) is 3.16. The maximum Gasteiger partial charge on any atom is 0.321 e. The number of fused-ring (bicyclic) bond motifs is 1. The summed E-state index contributed by atoms with van der Waals surface area (Å²) < 4.78 is 14.2. The number of alkyl halides is 2. The maximum atomic E-state index is 14.2. The van der Waals surface area contributed by atoms with Crippen molar-refractivity contribution in [2.24, 2.45) is 0 Å². The van der Waals surface area contributed by atoms with Crippen molar-refractivity contribution >= 4 is 34.1 Å². The third-order valence-corrected chi connectivity index (χ3v) is 6.63. The third-order valence-electron chi connectivity index (χ3n) is 6.23. The van der Waals surface area contributed by atoms with Crippen LogP contribution in [0.15, 0.2) is 42.5 Å². The molecule has 0 aromatic heterocycles. The second kappa shape index (κ2) is 13.7. The standard InChI is InChI=1S/C26H38ClFN4O/c1-2-3-4-5-6-7-8-9-12-17-32-19-23(28)24(27)30-25(32)31-26(33)29-22-16-15-20-13-10-11-14-21(20)18-22/h10-11,13-16,18,23-25,30H,2-9,12,17,19H2,1H3,(H2,29,31,33). The average molecular weight is 477 g/mol. The largest absolute Gasteiger partial charge is 0.321 e. The van der Waals surface area contributed by atoms with E-state index in [9.17, 15) is 9.18 Å². The molecule has 3 atom stereocenters. The molecular formula is C26H38ClFN4O. The van der Waals surface area contributed by atoms with Crippen LogP contribution in [0.25, 0.3) is 10.8 Å². The first-order chi connectivity index (χ1) is 16.1. The molecule has 1 aliphatic rings. The van der Waals surface area contributed by atoms with E-state index in [2.05, 4.69) is 22.9 Å². The molecule has 2 amide bonds. The van der Waals surface area contributed by atoms with E-state index in [0.717, 1.165) is 23.6 Å². The summed E-state index contributed by atoms with van der Waals surface area (Å²) in [5.41, 5.74) is -0.117. The fraction of sp³-hybridized carbons (Fsp3) is 0.577. The molecule has 0 bridgehead atoms. The van der Waals surface area contributed by atoms with Gasteiger partial charge in [0.1, 0.15) is 18.0 Å². The Morgan fingerprint density at radius 2 is 1.70 bits per heavy atom. The van der Waals surface area contributed by atoms with Crippen LogP contribution < -0.4 is 16.0 Å². The van der Waals surface area contributed by atoms with Crippen LogP contribution >= 0.6 is 11.6 Å². The van der Waals surface area contributed by atoms with Gasteiger partial charge in [-0.25, -0.2) is 9.18 Å². The van der Waals surface area contributed by atoms with Gasteiger partial charge in [0.05, 0.1) is 0 Å². The van der Waals surface area contributed by atoms with Crippen molar-refractivity contribution in [3.63, 3.8) is 0 Å². The van der Waals surface area contributed by atoms with Crippen LogP contribution in [-0.4, -0.2) is 42.0 Å². The van der Waals surface area contributed by atoms with E-state index >= 15 is 0 Å². The predicted molar refractivity (Wildman–Crippen MR) is 136 cm³/mol. The molecule has 0 radical (unpaired) electrons. The Kier molecular flexibility index (Phi) is 10.7. The number of amides is 2. The summed E-state index contributed by atoms with van der Waals surface area (Å²) in [5, 5.41) is 10.9. The van der Waals surface area contributed by atoms with E-state index in [1.54, 1.807) is 0 Å². The lowest BCUT2D eigenvalue weighted by molar-refractivity contribution is 0.0495. The smallest absolute Gasteiger partial charge is 0.309 e. The van der Waals surface area contributed by atoms with E-state index in [-0.39, 0.29) is 12.6 Å². The van der Waals surface area contributed by atoms with Crippen LogP contribution in [0.2, 0.25) is 0 Å². The maximum absolute atomic E-state index is 14.2. The first-order valence-electron chi connectivity index (χ1n) is 12.4. The highest BCUT2D eigenvalue weighted by molar-refractivity contribution is 6.20. The SMILES string of the molecule is CCCCCCCCCCCN1CC(F)C(Cl)NC1NC(=O)Nc1ccc2ccccc2c1. The van der Waals surface area contributed by atoms with E-state index < -0.39 is 18.0 Å². The van der Waals surface area contributed by atoms with Crippen molar-refractivity contribution in [2.45, 2.75) is 82.7 Å². The molecule has 33 heavy (non-hydrogen) atoms. The lowest BCUT2D eigenvalue weighted by Gasteiger charge is -2.40. The number of benzene rings is 2. The van der Waals surface area contributed by atoms with Gasteiger partial charge < -0.3 is 10.6 Å². The van der Waals surface area contributed by atoms with Gasteiger partial charge in [0.2, 0.25) is 0 Å². The number of hydrogen-bond donors (Lipinski definition) is 3. The van der Waals surface area contributed by atoms with Crippen LogP contribution in [0.5, 0.6) is 0 Å². The summed E-state index contributed by atoms with van der Waals surface area (Å²) in [5.74, 6) is 0. The summed E-state index contributed by atoms with van der Waals surface area (Å²) in [7, 11) is 0. The van der Waals surface area contributed by atoms with Crippen molar-refractivity contribution in [3.05, 3.63) is 42.5 Å². The van der Waals surface area contributed by atoms with Gasteiger partial charge in [-0.05, 0) is 29.3 Å². The quantitative estimate of drug-likeness (QED) is 0.184. The molecule has 3 unspecified atom stereocenters. The molecule has 3 rings (SSSR count). The number of anilines is 1. The van der Waals surface area contributed by atoms with Crippen LogP contribution in [0.4, 0.5) is 14.9 Å². The second-order valence-electron chi connectivity index (χ2n) is 8.97. The highest BCUT2D eigenvalue weighted by Gasteiger charge is 2.34. The zero-order valence-electron chi connectivity index (χ0n) is 19.7. The molecule has 5 nitrogen and oxygen atoms in total. The van der Waals surface area contributed by atoms with Gasteiger partial charge in [-0.15, -0.1) is 11.6 Å². The lowest BCUT2D eigenvalue weighted by Crippen LogP contribution is -2.66. The first-order valence-corrected chi connectivity index (χ1v) is 12.8. The Morgan fingerprint density at radius 1 is 1.03 bits per heavy atom. The van der Waals surface area contributed by atoms with Gasteiger partial charge in [0.25, 0.3) is 0 Å². The minimum atomic E-state index is -1.17. The Labute approximate surface area is 202 Å². The van der Waals surface area contributed by atoms with Gasteiger partial charge in [0.15, 0.2) is 0 Å². The fourth-order valence-corrected chi connectivity index (χ4v) is 4.52. The minimum Gasteiger partial charge on any atom is -0.309 e. The van der Waals surface area contributed by atoms with Crippen molar-refractivity contribution < 1.29 is 9.18 Å². The van der Waals surface area contributed by atoms with Crippen molar-refractivity contribution in [1.82, 2.24) is 15.5 Å². The number of nitrogens with one attached hydrogen (secondary N) is 3. The van der Waals surface area contributed by atoms with Crippen LogP contribution in [0.3, 0.4) is 0 Å². The van der Waals surface area contributed by atoms with Gasteiger partial charge in [-0.1, -0.05) is 88.6 Å². The zero-order chi connectivity index (χ0) is 23.5. The van der Waals surface area contributed by atoms with Gasteiger partial charge in [-0.3, -0.25) is 10.2 Å². The molecule has 1 saturated heterocycles. The molecule has 0 spiro atoms. The molecule has 182 valence electrons. The predicted octanol–water partition coefficient (Wildman–Crippen LogP) is 6.58. The first kappa shape index (κ1) is 25.7. The number of unbranched alkanes of at least 4 members (excludes halogenated alkanes) is 8. The Bertz CT molecular complexity index is 867. The summed E-state index contributed by atoms with van der Waals surface area (Å²) >= 11 is 6.11. The topological polar surface area (TPSA) is 56.4 Å². The third kappa shape index (κ3) is 8.43. The number of halogens is 2. The molecule has 1 heterocycles. The monoisotopic (exact) mass is 476 g/mol. The molecule has 2 aromatic rings. The molecule has 2 aromatic carbocycles. The fourth-order valence-electron chi connectivity index (χ4n) is 4.32. The average Bonchev–Trinajstić information content (AvgIpc) is 2.80. The summed E-state index contributed by atoms with van der Waals surface area (Å²) in [6.07, 6.45) is 9.42. The molecular weight excluding hydrogens is 439 g/mol. The van der Waals surface area contributed by atoms with Crippen LogP contribution in [0, 0.1) is 0 Å². The van der Waals surface area contributed by atoms with Crippen molar-refractivity contribution in [1.29, 1.82) is 0 Å². The number of rotatable bonds is 12. The summed E-state index contributed by atoms with van der Waals surface area (Å²) in [4.78, 5) is 14.6. The van der Waals surface area contributed by atoms with E-state index in [1.165, 1.54) is 44.9 Å². The van der Waals surface area contributed by atoms with Crippen LogP contribution in [-0.2, 0) is 0 Å². The van der Waals surface area contributed by atoms with Gasteiger partial charge in [-0.2, -0.15) is 0 Å². The number of hydrogen-bond acceptors (Lipinski definition) is 3. The van der Waals surface area contributed by atoms with Crippen LogP contribution in [0.1, 0.15) is 64.7 Å². The zero-order valence-corrected chi connectivity index (χ0v) is 20.4. The minimum absolute atomic E-state index is 0.207. The Hall–Kier alpha value is -1.89. The molecule has 3 N–H and O–H groups in total. The Balaban J connectivity index is 1.45. The normalized spacial score (nSPS) is 21.2. The molecule has 1 aliphatic heterocycles. The molecule has 7 heteroatoms. The molecule has 0 saturated carbocycles. The second-order valence-corrected chi connectivity index (χ2v) is 9.44. The number of nitrogens with zero attached hydrogens (tertiary/aromatic N) is 1. The molecule has 0 aliphatic carbocycles. The van der Waals surface area contributed by atoms with Crippen molar-refractivity contribution in [2.75, 3.05) is 18.4 Å². The number of carbonyl (C=O) groups excluding carboxylic acids is 1.